The van der Waals surface area contributed by atoms with Crippen molar-refractivity contribution < 1.29 is 14.3 Å². The van der Waals surface area contributed by atoms with Gasteiger partial charge in [-0.15, -0.1) is 0 Å². The second kappa shape index (κ2) is 3.87. The summed E-state index contributed by atoms with van der Waals surface area (Å²) in [6.45, 7) is -0.115. The van der Waals surface area contributed by atoms with Gasteiger partial charge in [-0.1, -0.05) is 0 Å². The molecule has 0 aromatic carbocycles. The van der Waals surface area contributed by atoms with Gasteiger partial charge in [0, 0.05) is 6.61 Å². The first kappa shape index (κ1) is 8.73. The Bertz CT molecular complexity index is 245. The highest BCUT2D eigenvalue weighted by molar-refractivity contribution is 5.80. The van der Waals surface area contributed by atoms with Gasteiger partial charge in [-0.3, -0.25) is 4.79 Å². The lowest BCUT2D eigenvalue weighted by Gasteiger charge is -2.05. The fraction of sp³-hybridized carbons (Fsp3) is 0.429. The van der Waals surface area contributed by atoms with Gasteiger partial charge in [-0.05, 0) is 6.42 Å². The van der Waals surface area contributed by atoms with Crippen molar-refractivity contribution in [3.8, 4) is 0 Å². The quantitative estimate of drug-likeness (QED) is 0.644. The third-order valence-corrected chi connectivity index (χ3v) is 1.51. The highest BCUT2D eigenvalue weighted by Crippen LogP contribution is 2.16. The van der Waals surface area contributed by atoms with Crippen LogP contribution in [0.3, 0.4) is 0 Å². The van der Waals surface area contributed by atoms with E-state index in [1.54, 1.807) is 0 Å². The van der Waals surface area contributed by atoms with Crippen LogP contribution >= 0.6 is 0 Å². The molecule has 0 saturated carbocycles. The molecule has 0 aliphatic carbocycles. The Labute approximate surface area is 69.2 Å². The summed E-state index contributed by atoms with van der Waals surface area (Å²) in [6.07, 6.45) is 3.04. The second-order valence-electron chi connectivity index (χ2n) is 2.34. The molecule has 3 N–H and O–H groups in total. The van der Waals surface area contributed by atoms with Crippen LogP contribution in [0.15, 0.2) is 16.9 Å². The minimum atomic E-state index is -0.620. The summed E-state index contributed by atoms with van der Waals surface area (Å²) in [5.74, 6) is -0.895. The van der Waals surface area contributed by atoms with Crippen molar-refractivity contribution >= 4 is 5.91 Å². The normalized spacial score (nSPS) is 12.8. The molecule has 12 heavy (non-hydrogen) atoms. The summed E-state index contributed by atoms with van der Waals surface area (Å²) in [6, 6.07) is 0. The number of hydrogen-bond donors (Lipinski definition) is 2. The fourth-order valence-electron chi connectivity index (χ4n) is 0.923. The lowest BCUT2D eigenvalue weighted by molar-refractivity contribution is -0.120. The Balaban J connectivity index is 2.73. The number of aliphatic hydroxyl groups is 1. The maximum Gasteiger partial charge on any atom is 0.229 e. The average molecular weight is 170 g/mol. The van der Waals surface area contributed by atoms with E-state index in [0.29, 0.717) is 0 Å². The van der Waals surface area contributed by atoms with Gasteiger partial charge in [-0.25, -0.2) is 4.98 Å². The number of hydrogen-bond acceptors (Lipinski definition) is 4. The van der Waals surface area contributed by atoms with Gasteiger partial charge in [0.2, 0.25) is 11.8 Å². The number of aromatic nitrogens is 1. The van der Waals surface area contributed by atoms with Gasteiger partial charge in [0.15, 0.2) is 0 Å². The molecule has 0 bridgehead atoms. The van der Waals surface area contributed by atoms with Crippen LogP contribution in [0.5, 0.6) is 0 Å². The van der Waals surface area contributed by atoms with E-state index in [0.717, 1.165) is 0 Å². The van der Waals surface area contributed by atoms with E-state index < -0.39 is 11.8 Å². The molecule has 0 radical (unpaired) electrons. The molecule has 1 aromatic heterocycles. The molecule has 66 valence electrons. The molecule has 1 unspecified atom stereocenters. The molecule has 5 heteroatoms. The molecule has 1 rings (SSSR count). The van der Waals surface area contributed by atoms with Gasteiger partial charge in [-0.2, -0.15) is 0 Å². The van der Waals surface area contributed by atoms with E-state index in [1.165, 1.54) is 12.5 Å². The van der Waals surface area contributed by atoms with Crippen molar-refractivity contribution in [2.45, 2.75) is 12.3 Å². The Morgan fingerprint density at radius 2 is 2.58 bits per heavy atom. The number of nitrogens with two attached hydrogens (primary N) is 1. The van der Waals surface area contributed by atoms with E-state index >= 15 is 0 Å². The van der Waals surface area contributed by atoms with E-state index in [2.05, 4.69) is 4.98 Å². The number of oxazole rings is 1. The monoisotopic (exact) mass is 170 g/mol. The summed E-state index contributed by atoms with van der Waals surface area (Å²) >= 11 is 0. The van der Waals surface area contributed by atoms with Crippen LogP contribution in [0, 0.1) is 0 Å². The first-order chi connectivity index (χ1) is 5.75. The number of carbonyl (C=O) groups excluding carboxylic acids is 1. The zero-order chi connectivity index (χ0) is 8.97. The standard InChI is InChI=1S/C7H10N2O3/c8-6(11)5(1-3-10)7-9-2-4-12-7/h2,4-5,10H,1,3H2,(H2,8,11). The number of rotatable bonds is 4. The molecule has 1 heterocycles. The molecule has 0 aliphatic rings. The smallest absolute Gasteiger partial charge is 0.229 e. The molecule has 1 amide bonds. The van der Waals surface area contributed by atoms with Gasteiger partial charge in [0.1, 0.15) is 12.2 Å². The summed E-state index contributed by atoms with van der Waals surface area (Å²) in [4.78, 5) is 14.6. The van der Waals surface area contributed by atoms with Gasteiger partial charge < -0.3 is 15.3 Å². The SMILES string of the molecule is NC(=O)C(CCO)c1ncco1. The second-order valence-corrected chi connectivity index (χ2v) is 2.34. The Kier molecular flexibility index (Phi) is 2.82. The molecule has 1 aromatic rings. The van der Waals surface area contributed by atoms with Gasteiger partial charge in [0.25, 0.3) is 0 Å². The Hall–Kier alpha value is -1.36. The van der Waals surface area contributed by atoms with Crippen molar-refractivity contribution in [1.29, 1.82) is 0 Å². The molecular weight excluding hydrogens is 160 g/mol. The number of carbonyl (C=O) groups is 1. The molecule has 0 aliphatic heterocycles. The minimum absolute atomic E-state index is 0.115. The number of aliphatic hydroxyl groups excluding tert-OH is 1. The van der Waals surface area contributed by atoms with Crippen molar-refractivity contribution in [3.63, 3.8) is 0 Å². The van der Waals surface area contributed by atoms with Crippen molar-refractivity contribution in [3.05, 3.63) is 18.4 Å². The molecule has 0 fully saturated rings. The van der Waals surface area contributed by atoms with E-state index in [-0.39, 0.29) is 18.9 Å². The van der Waals surface area contributed by atoms with E-state index in [1.807, 2.05) is 0 Å². The van der Waals surface area contributed by atoms with Crippen LogP contribution in [0.2, 0.25) is 0 Å². The largest absolute Gasteiger partial charge is 0.448 e. The maximum absolute atomic E-state index is 10.8. The molecule has 0 spiro atoms. The van der Waals surface area contributed by atoms with E-state index in [9.17, 15) is 4.79 Å². The summed E-state index contributed by atoms with van der Waals surface area (Å²) < 4.78 is 4.89. The predicted molar refractivity (Wildman–Crippen MR) is 40.1 cm³/mol. The molecule has 1 atom stereocenters. The first-order valence-electron chi connectivity index (χ1n) is 3.55. The number of amides is 1. The number of primary amides is 1. The lowest BCUT2D eigenvalue weighted by atomic mass is 10.1. The highest BCUT2D eigenvalue weighted by Gasteiger charge is 2.21. The topological polar surface area (TPSA) is 89.4 Å². The van der Waals surface area contributed by atoms with E-state index in [4.69, 9.17) is 15.3 Å². The summed E-state index contributed by atoms with van der Waals surface area (Å²) in [5.41, 5.74) is 5.06. The van der Waals surface area contributed by atoms with Crippen LogP contribution in [0.4, 0.5) is 0 Å². The zero-order valence-corrected chi connectivity index (χ0v) is 6.43. The predicted octanol–water partition coefficient (Wildman–Crippen LogP) is -0.374. The van der Waals surface area contributed by atoms with Crippen molar-refractivity contribution in [2.75, 3.05) is 6.61 Å². The first-order valence-corrected chi connectivity index (χ1v) is 3.55. The lowest BCUT2D eigenvalue weighted by Crippen LogP contribution is -2.22. The molecule has 5 nitrogen and oxygen atoms in total. The van der Waals surface area contributed by atoms with Crippen molar-refractivity contribution in [1.82, 2.24) is 4.98 Å². The van der Waals surface area contributed by atoms with Crippen LogP contribution in [-0.2, 0) is 4.79 Å². The Morgan fingerprint density at radius 1 is 1.83 bits per heavy atom. The zero-order valence-electron chi connectivity index (χ0n) is 6.43. The molecular formula is C7H10N2O3. The third kappa shape index (κ3) is 1.82. The van der Waals surface area contributed by atoms with Crippen LogP contribution < -0.4 is 5.73 Å². The fourth-order valence-corrected chi connectivity index (χ4v) is 0.923. The number of nitrogens with zero attached hydrogens (tertiary/aromatic N) is 1. The van der Waals surface area contributed by atoms with Crippen LogP contribution in [0.1, 0.15) is 18.2 Å². The minimum Gasteiger partial charge on any atom is -0.448 e. The molecule has 0 saturated heterocycles. The van der Waals surface area contributed by atoms with Gasteiger partial charge >= 0.3 is 0 Å². The van der Waals surface area contributed by atoms with Crippen LogP contribution in [-0.4, -0.2) is 22.6 Å². The van der Waals surface area contributed by atoms with Crippen LogP contribution in [0.25, 0.3) is 0 Å². The summed E-state index contributed by atoms with van der Waals surface area (Å²) in [5, 5.41) is 8.61. The van der Waals surface area contributed by atoms with Gasteiger partial charge in [0.05, 0.1) is 6.20 Å². The third-order valence-electron chi connectivity index (χ3n) is 1.51. The summed E-state index contributed by atoms with van der Waals surface area (Å²) in [7, 11) is 0. The average Bonchev–Trinajstić information content (AvgIpc) is 2.51. The Morgan fingerprint density at radius 3 is 3.00 bits per heavy atom. The highest BCUT2D eigenvalue weighted by atomic mass is 16.3. The van der Waals surface area contributed by atoms with Crippen molar-refractivity contribution in [2.24, 2.45) is 5.73 Å². The maximum atomic E-state index is 10.8.